The second kappa shape index (κ2) is 6.74. The molecule has 1 aromatic carbocycles. The van der Waals surface area contributed by atoms with Crippen LogP contribution in [-0.4, -0.2) is 17.7 Å². The molecule has 0 aliphatic carbocycles. The van der Waals surface area contributed by atoms with Crippen LogP contribution in [0.3, 0.4) is 0 Å². The Morgan fingerprint density at radius 2 is 2.14 bits per heavy atom. The smallest absolute Gasteiger partial charge is 0.315 e. The maximum absolute atomic E-state index is 11.8. The molecular formula is C16H20N2O2S. The second-order valence-corrected chi connectivity index (χ2v) is 6.09. The van der Waals surface area contributed by atoms with Crippen molar-refractivity contribution in [2.45, 2.75) is 26.0 Å². The number of rotatable bonds is 5. The van der Waals surface area contributed by atoms with E-state index in [1.54, 1.807) is 6.92 Å². The molecule has 112 valence electrons. The average molecular weight is 304 g/mol. The highest BCUT2D eigenvalue weighted by atomic mass is 32.1. The van der Waals surface area contributed by atoms with Gasteiger partial charge >= 0.3 is 6.03 Å². The molecule has 0 saturated carbocycles. The van der Waals surface area contributed by atoms with E-state index in [4.69, 9.17) is 0 Å². The topological polar surface area (TPSA) is 61.4 Å². The maximum Gasteiger partial charge on any atom is 0.315 e. The monoisotopic (exact) mass is 304 g/mol. The fourth-order valence-corrected chi connectivity index (χ4v) is 2.78. The van der Waals surface area contributed by atoms with E-state index in [0.29, 0.717) is 6.54 Å². The first-order chi connectivity index (χ1) is 9.97. The van der Waals surface area contributed by atoms with Gasteiger partial charge in [0.05, 0.1) is 6.54 Å². The van der Waals surface area contributed by atoms with Gasteiger partial charge in [0.15, 0.2) is 0 Å². The van der Waals surface area contributed by atoms with Gasteiger partial charge < -0.3 is 15.7 Å². The molecule has 21 heavy (non-hydrogen) atoms. The third kappa shape index (κ3) is 4.58. The maximum atomic E-state index is 11.8. The lowest BCUT2D eigenvalue weighted by Crippen LogP contribution is -2.43. The number of nitrogens with one attached hydrogen (secondary N) is 2. The summed E-state index contributed by atoms with van der Waals surface area (Å²) in [5.74, 6) is 0. The standard InChI is InChI=1S/C16H20N2O2S/c1-12-4-3-5-13(8-12)9-17-15(19)18-11-16(2,20)14-6-7-21-10-14/h3-8,10,20H,9,11H2,1-2H3,(H2,17,18,19). The number of amides is 2. The van der Waals surface area contributed by atoms with Crippen LogP contribution >= 0.6 is 11.3 Å². The van der Waals surface area contributed by atoms with Crippen LogP contribution in [0.1, 0.15) is 23.6 Å². The number of aliphatic hydroxyl groups is 1. The number of hydrogen-bond donors (Lipinski definition) is 3. The Bertz CT molecular complexity index is 594. The van der Waals surface area contributed by atoms with Crippen LogP contribution in [-0.2, 0) is 12.1 Å². The molecule has 3 N–H and O–H groups in total. The van der Waals surface area contributed by atoms with E-state index in [9.17, 15) is 9.90 Å². The predicted molar refractivity (Wildman–Crippen MR) is 85.3 cm³/mol. The van der Waals surface area contributed by atoms with Gasteiger partial charge in [-0.15, -0.1) is 0 Å². The van der Waals surface area contributed by atoms with Gasteiger partial charge in [-0.3, -0.25) is 0 Å². The van der Waals surface area contributed by atoms with Gasteiger partial charge in [-0.25, -0.2) is 4.79 Å². The Morgan fingerprint density at radius 3 is 2.81 bits per heavy atom. The summed E-state index contributed by atoms with van der Waals surface area (Å²) in [6.07, 6.45) is 0. The molecule has 1 atom stereocenters. The largest absolute Gasteiger partial charge is 0.384 e. The highest BCUT2D eigenvalue weighted by Crippen LogP contribution is 2.21. The normalized spacial score (nSPS) is 13.5. The number of aryl methyl sites for hydroxylation is 1. The van der Waals surface area contributed by atoms with Gasteiger partial charge in [0.2, 0.25) is 0 Å². The zero-order chi connectivity index (χ0) is 15.3. The SMILES string of the molecule is Cc1cccc(CNC(=O)NCC(C)(O)c2ccsc2)c1. The highest BCUT2D eigenvalue weighted by molar-refractivity contribution is 7.08. The van der Waals surface area contributed by atoms with E-state index >= 15 is 0 Å². The van der Waals surface area contributed by atoms with E-state index in [2.05, 4.69) is 10.6 Å². The zero-order valence-corrected chi connectivity index (χ0v) is 13.0. The Balaban J connectivity index is 1.80. The third-order valence-electron chi connectivity index (χ3n) is 3.27. The Morgan fingerprint density at radius 1 is 1.33 bits per heavy atom. The van der Waals surface area contributed by atoms with Crippen molar-refractivity contribution in [2.24, 2.45) is 0 Å². The summed E-state index contributed by atoms with van der Waals surface area (Å²) in [5, 5.41) is 19.6. The molecule has 0 spiro atoms. The number of urea groups is 1. The number of carbonyl (C=O) groups is 1. The van der Waals surface area contributed by atoms with Crippen molar-refractivity contribution in [3.05, 3.63) is 57.8 Å². The molecular weight excluding hydrogens is 284 g/mol. The van der Waals surface area contributed by atoms with Gasteiger partial charge in [-0.2, -0.15) is 11.3 Å². The Kier molecular flexibility index (Phi) is 4.98. The summed E-state index contributed by atoms with van der Waals surface area (Å²) in [6.45, 7) is 4.34. The van der Waals surface area contributed by atoms with Gasteiger partial charge in [0.1, 0.15) is 5.60 Å². The summed E-state index contributed by atoms with van der Waals surface area (Å²) in [5.41, 5.74) is 1.97. The summed E-state index contributed by atoms with van der Waals surface area (Å²) >= 11 is 1.52. The Labute approximate surface area is 128 Å². The summed E-state index contributed by atoms with van der Waals surface area (Å²) < 4.78 is 0. The van der Waals surface area contributed by atoms with Crippen molar-refractivity contribution >= 4 is 17.4 Å². The van der Waals surface area contributed by atoms with Crippen LogP contribution in [0.2, 0.25) is 0 Å². The first kappa shape index (κ1) is 15.5. The van der Waals surface area contributed by atoms with Crippen molar-refractivity contribution in [2.75, 3.05) is 6.54 Å². The fraction of sp³-hybridized carbons (Fsp3) is 0.312. The second-order valence-electron chi connectivity index (χ2n) is 5.31. The van der Waals surface area contributed by atoms with Crippen LogP contribution in [0.5, 0.6) is 0 Å². The molecule has 4 nitrogen and oxygen atoms in total. The number of benzene rings is 1. The van der Waals surface area contributed by atoms with Gasteiger partial charge in [0, 0.05) is 6.54 Å². The third-order valence-corrected chi connectivity index (χ3v) is 3.96. The van der Waals surface area contributed by atoms with Crippen LogP contribution in [0.4, 0.5) is 4.79 Å². The molecule has 1 aromatic heterocycles. The van der Waals surface area contributed by atoms with Gasteiger partial charge in [-0.05, 0) is 41.8 Å². The van der Waals surface area contributed by atoms with Crippen molar-refractivity contribution in [1.29, 1.82) is 0 Å². The minimum atomic E-state index is -1.05. The molecule has 2 rings (SSSR count). The minimum absolute atomic E-state index is 0.170. The van der Waals surface area contributed by atoms with E-state index in [1.807, 2.05) is 48.0 Å². The van der Waals surface area contributed by atoms with Gasteiger partial charge in [0.25, 0.3) is 0 Å². The van der Waals surface area contributed by atoms with E-state index in [1.165, 1.54) is 11.3 Å². The summed E-state index contributed by atoms with van der Waals surface area (Å²) in [7, 11) is 0. The number of carbonyl (C=O) groups excluding carboxylic acids is 1. The molecule has 0 radical (unpaired) electrons. The van der Waals surface area contributed by atoms with Crippen LogP contribution in [0.25, 0.3) is 0 Å². The van der Waals surface area contributed by atoms with Crippen LogP contribution < -0.4 is 10.6 Å². The molecule has 0 aliphatic heterocycles. The first-order valence-corrected chi connectivity index (χ1v) is 7.74. The Hall–Kier alpha value is -1.85. The van der Waals surface area contributed by atoms with Crippen molar-refractivity contribution in [1.82, 2.24) is 10.6 Å². The quantitative estimate of drug-likeness (QED) is 0.795. The lowest BCUT2D eigenvalue weighted by molar-refractivity contribution is 0.0598. The molecule has 0 aliphatic rings. The van der Waals surface area contributed by atoms with Crippen molar-refractivity contribution in [3.8, 4) is 0 Å². The van der Waals surface area contributed by atoms with Crippen LogP contribution in [0, 0.1) is 6.92 Å². The van der Waals surface area contributed by atoms with E-state index in [0.717, 1.165) is 16.7 Å². The highest BCUT2D eigenvalue weighted by Gasteiger charge is 2.23. The molecule has 0 bridgehead atoms. The van der Waals surface area contributed by atoms with Crippen LogP contribution in [0.15, 0.2) is 41.1 Å². The lowest BCUT2D eigenvalue weighted by Gasteiger charge is -2.22. The minimum Gasteiger partial charge on any atom is -0.384 e. The molecule has 2 aromatic rings. The molecule has 2 amide bonds. The molecule has 1 heterocycles. The average Bonchev–Trinajstić information content (AvgIpc) is 2.98. The zero-order valence-electron chi connectivity index (χ0n) is 12.2. The predicted octanol–water partition coefficient (Wildman–Crippen LogP) is 2.76. The number of hydrogen-bond acceptors (Lipinski definition) is 3. The van der Waals surface area contributed by atoms with Crippen molar-refractivity contribution in [3.63, 3.8) is 0 Å². The fourth-order valence-electron chi connectivity index (χ4n) is 1.99. The molecule has 0 saturated heterocycles. The van der Waals surface area contributed by atoms with Gasteiger partial charge in [-0.1, -0.05) is 29.8 Å². The van der Waals surface area contributed by atoms with E-state index in [-0.39, 0.29) is 12.6 Å². The lowest BCUT2D eigenvalue weighted by atomic mass is 9.99. The summed E-state index contributed by atoms with van der Waals surface area (Å²) in [4.78, 5) is 11.8. The summed E-state index contributed by atoms with van der Waals surface area (Å²) in [6, 6.07) is 9.55. The molecule has 0 fully saturated rings. The first-order valence-electron chi connectivity index (χ1n) is 6.80. The van der Waals surface area contributed by atoms with E-state index < -0.39 is 5.60 Å². The molecule has 1 unspecified atom stereocenters. The number of thiophene rings is 1. The molecule has 5 heteroatoms. The van der Waals surface area contributed by atoms with Crippen molar-refractivity contribution < 1.29 is 9.90 Å².